The highest BCUT2D eigenvalue weighted by Gasteiger charge is 2.13. The first-order valence-corrected chi connectivity index (χ1v) is 5.22. The van der Waals surface area contributed by atoms with Crippen LogP contribution in [0.25, 0.3) is 0 Å². The molecule has 0 unspecified atom stereocenters. The van der Waals surface area contributed by atoms with E-state index < -0.39 is 16.1 Å². The Bertz CT molecular complexity index is 244. The first-order valence-electron chi connectivity index (χ1n) is 3.57. The van der Waals surface area contributed by atoms with Gasteiger partial charge in [0.2, 0.25) is 10.0 Å². The highest BCUT2D eigenvalue weighted by atomic mass is 32.2. The number of hydrogen-bond acceptors (Lipinski definition) is 3. The number of sulfonamides is 1. The Labute approximate surface area is 71.8 Å². The van der Waals surface area contributed by atoms with Crippen LogP contribution in [0.4, 0.5) is 4.79 Å². The van der Waals surface area contributed by atoms with Gasteiger partial charge in [0.25, 0.3) is 0 Å². The summed E-state index contributed by atoms with van der Waals surface area (Å²) in [5.74, 6) is 0.104. The third-order valence-electron chi connectivity index (χ3n) is 1.21. The fourth-order valence-electron chi connectivity index (χ4n) is 0.575. The molecule has 6 heteroatoms. The van der Waals surface area contributed by atoms with Crippen LogP contribution in [-0.4, -0.2) is 25.4 Å². The number of carboxylic acid groups (broad SMARTS) is 1. The van der Waals surface area contributed by atoms with Crippen LogP contribution in [-0.2, 0) is 10.0 Å². The summed E-state index contributed by atoms with van der Waals surface area (Å²) in [6, 6.07) is 0. The zero-order valence-corrected chi connectivity index (χ0v) is 7.89. The predicted molar refractivity (Wildman–Crippen MR) is 44.4 cm³/mol. The van der Waals surface area contributed by atoms with Gasteiger partial charge in [-0.2, -0.15) is 0 Å². The van der Waals surface area contributed by atoms with Crippen molar-refractivity contribution in [3.63, 3.8) is 0 Å². The van der Waals surface area contributed by atoms with Crippen LogP contribution in [0.5, 0.6) is 0 Å². The van der Waals surface area contributed by atoms with Crippen LogP contribution in [0.2, 0.25) is 0 Å². The molecule has 0 rings (SSSR count). The van der Waals surface area contributed by atoms with Crippen LogP contribution >= 0.6 is 0 Å². The number of rotatable bonds is 4. The molecule has 0 radical (unpaired) electrons. The average molecular weight is 195 g/mol. The molecule has 0 saturated carbocycles. The van der Waals surface area contributed by atoms with Crippen molar-refractivity contribution in [3.8, 4) is 0 Å². The van der Waals surface area contributed by atoms with Crippen LogP contribution in [0.3, 0.4) is 0 Å². The van der Waals surface area contributed by atoms with Crippen molar-refractivity contribution in [2.75, 3.05) is 5.75 Å². The largest absolute Gasteiger partial charge is 0.464 e. The number of amides is 1. The highest BCUT2D eigenvalue weighted by molar-refractivity contribution is 7.90. The normalized spacial score (nSPS) is 11.6. The quantitative estimate of drug-likeness (QED) is 0.689. The topological polar surface area (TPSA) is 83.5 Å². The van der Waals surface area contributed by atoms with Crippen molar-refractivity contribution >= 4 is 16.1 Å². The van der Waals surface area contributed by atoms with E-state index in [2.05, 4.69) is 0 Å². The zero-order valence-electron chi connectivity index (χ0n) is 7.07. The minimum atomic E-state index is -3.63. The fraction of sp³-hybridized carbons (Fsp3) is 0.833. The van der Waals surface area contributed by atoms with Crippen LogP contribution in [0.15, 0.2) is 0 Å². The molecular formula is C6H13NO4S. The second kappa shape index (κ2) is 4.30. The van der Waals surface area contributed by atoms with Crippen molar-refractivity contribution in [2.45, 2.75) is 20.3 Å². The molecule has 0 aliphatic rings. The maximum atomic E-state index is 10.9. The van der Waals surface area contributed by atoms with Gasteiger partial charge in [-0.15, -0.1) is 0 Å². The first kappa shape index (κ1) is 11.2. The van der Waals surface area contributed by atoms with E-state index in [0.717, 1.165) is 0 Å². The van der Waals surface area contributed by atoms with Gasteiger partial charge in [0.1, 0.15) is 0 Å². The van der Waals surface area contributed by atoms with Gasteiger partial charge in [0.15, 0.2) is 0 Å². The second-order valence-corrected chi connectivity index (χ2v) is 4.75. The Kier molecular flexibility index (Phi) is 4.02. The lowest BCUT2D eigenvalue weighted by Gasteiger charge is -2.04. The molecular weight excluding hydrogens is 182 g/mol. The summed E-state index contributed by atoms with van der Waals surface area (Å²) in [4.78, 5) is 9.97. The monoisotopic (exact) mass is 195 g/mol. The lowest BCUT2D eigenvalue weighted by molar-refractivity contribution is 0.201. The Morgan fingerprint density at radius 2 is 2.00 bits per heavy atom. The lowest BCUT2D eigenvalue weighted by Crippen LogP contribution is -2.31. The Morgan fingerprint density at radius 1 is 1.50 bits per heavy atom. The number of hydrogen-bond donors (Lipinski definition) is 2. The third kappa shape index (κ3) is 5.96. The maximum Gasteiger partial charge on any atom is 0.418 e. The summed E-state index contributed by atoms with van der Waals surface area (Å²) in [5, 5.41) is 8.12. The highest BCUT2D eigenvalue weighted by Crippen LogP contribution is 2.01. The Morgan fingerprint density at radius 3 is 2.33 bits per heavy atom. The SMILES string of the molecule is CC(C)CCS(=O)(=O)NC(=O)O. The van der Waals surface area contributed by atoms with Gasteiger partial charge in [-0.3, -0.25) is 0 Å². The summed E-state index contributed by atoms with van der Waals surface area (Å²) < 4.78 is 23.2. The van der Waals surface area contributed by atoms with Gasteiger partial charge in [0, 0.05) is 0 Å². The van der Waals surface area contributed by atoms with E-state index in [0.29, 0.717) is 6.42 Å². The van der Waals surface area contributed by atoms with E-state index in [1.165, 1.54) is 4.72 Å². The molecule has 5 nitrogen and oxygen atoms in total. The summed E-state index contributed by atoms with van der Waals surface area (Å²) in [5.41, 5.74) is 0. The summed E-state index contributed by atoms with van der Waals surface area (Å²) in [7, 11) is -3.63. The van der Waals surface area contributed by atoms with E-state index in [9.17, 15) is 13.2 Å². The standard InChI is InChI=1S/C6H13NO4S/c1-5(2)3-4-12(10,11)7-6(8)9/h5,7H,3-4H2,1-2H3,(H,8,9). The Balaban J connectivity index is 3.98. The molecule has 0 aromatic rings. The molecule has 0 bridgehead atoms. The molecule has 2 N–H and O–H groups in total. The van der Waals surface area contributed by atoms with Crippen molar-refractivity contribution in [1.82, 2.24) is 4.72 Å². The molecule has 12 heavy (non-hydrogen) atoms. The summed E-state index contributed by atoms with van der Waals surface area (Å²) in [6.45, 7) is 3.74. The average Bonchev–Trinajstić information content (AvgIpc) is 1.81. The van der Waals surface area contributed by atoms with Crippen molar-refractivity contribution in [3.05, 3.63) is 0 Å². The van der Waals surface area contributed by atoms with Crippen molar-refractivity contribution in [1.29, 1.82) is 0 Å². The summed E-state index contributed by atoms with van der Waals surface area (Å²) >= 11 is 0. The molecule has 0 atom stereocenters. The van der Waals surface area contributed by atoms with Gasteiger partial charge in [0.05, 0.1) is 5.75 Å². The molecule has 0 saturated heterocycles. The van der Waals surface area contributed by atoms with Gasteiger partial charge < -0.3 is 5.11 Å². The van der Waals surface area contributed by atoms with Crippen molar-refractivity contribution < 1.29 is 18.3 Å². The van der Waals surface area contributed by atoms with Gasteiger partial charge in [-0.1, -0.05) is 13.8 Å². The molecule has 0 heterocycles. The maximum absolute atomic E-state index is 10.9. The second-order valence-electron chi connectivity index (χ2n) is 2.91. The van der Waals surface area contributed by atoms with Gasteiger partial charge >= 0.3 is 6.09 Å². The fourth-order valence-corrected chi connectivity index (χ4v) is 1.72. The Hall–Kier alpha value is -0.780. The van der Waals surface area contributed by atoms with Crippen LogP contribution in [0, 0.1) is 5.92 Å². The third-order valence-corrected chi connectivity index (χ3v) is 2.47. The van der Waals surface area contributed by atoms with Crippen LogP contribution < -0.4 is 4.72 Å². The molecule has 0 aliphatic carbocycles. The van der Waals surface area contributed by atoms with Crippen LogP contribution in [0.1, 0.15) is 20.3 Å². The van der Waals surface area contributed by atoms with E-state index in [-0.39, 0.29) is 11.7 Å². The molecule has 0 aliphatic heterocycles. The molecule has 0 aromatic heterocycles. The zero-order chi connectivity index (χ0) is 9.78. The lowest BCUT2D eigenvalue weighted by atomic mass is 10.2. The molecule has 0 spiro atoms. The van der Waals surface area contributed by atoms with E-state index >= 15 is 0 Å². The van der Waals surface area contributed by atoms with E-state index in [1.54, 1.807) is 0 Å². The summed E-state index contributed by atoms with van der Waals surface area (Å²) in [6.07, 6.45) is -1.07. The first-order chi connectivity index (χ1) is 5.33. The number of carbonyl (C=O) groups is 1. The smallest absolute Gasteiger partial charge is 0.418 e. The van der Waals surface area contributed by atoms with Crippen molar-refractivity contribution in [2.24, 2.45) is 5.92 Å². The van der Waals surface area contributed by atoms with E-state index in [4.69, 9.17) is 5.11 Å². The van der Waals surface area contributed by atoms with Gasteiger partial charge in [-0.05, 0) is 12.3 Å². The van der Waals surface area contributed by atoms with Gasteiger partial charge in [-0.25, -0.2) is 17.9 Å². The minimum absolute atomic E-state index is 0.142. The predicted octanol–water partition coefficient (Wildman–Crippen LogP) is 0.630. The minimum Gasteiger partial charge on any atom is -0.464 e. The molecule has 72 valence electrons. The molecule has 1 amide bonds. The molecule has 0 aromatic carbocycles. The number of nitrogens with one attached hydrogen (secondary N) is 1. The van der Waals surface area contributed by atoms with E-state index in [1.807, 2.05) is 13.8 Å². The molecule has 0 fully saturated rings.